The van der Waals surface area contributed by atoms with Gasteiger partial charge in [0.05, 0.1) is 19.1 Å². The lowest BCUT2D eigenvalue weighted by Gasteiger charge is -2.37. The Hall–Kier alpha value is -0.700. The summed E-state index contributed by atoms with van der Waals surface area (Å²) < 4.78 is 26.4. The molecule has 0 radical (unpaired) electrons. The topological polar surface area (TPSA) is 55.9 Å². The highest BCUT2D eigenvalue weighted by Gasteiger charge is 2.43. The quantitative estimate of drug-likeness (QED) is 0.744. The maximum Gasteiger partial charge on any atom is 0.262 e. The normalized spacial score (nSPS) is 26.0. The molecular weight excluding hydrogens is 389 g/mol. The second-order valence-corrected chi connectivity index (χ2v) is 7.04. The largest absolute Gasteiger partial charge is 0.342 e. The van der Waals surface area contributed by atoms with Crippen molar-refractivity contribution in [2.75, 3.05) is 52.4 Å². The van der Waals surface area contributed by atoms with Crippen LogP contribution in [0.5, 0.6) is 0 Å². The first kappa shape index (κ1) is 23.3. The molecule has 3 fully saturated rings. The first-order chi connectivity index (χ1) is 11.4. The van der Waals surface area contributed by atoms with E-state index in [1.54, 1.807) is 4.90 Å². The van der Waals surface area contributed by atoms with E-state index in [0.717, 1.165) is 25.9 Å². The Morgan fingerprint density at radius 1 is 0.923 bits per heavy atom. The summed E-state index contributed by atoms with van der Waals surface area (Å²) in [5, 5.41) is 2.61. The van der Waals surface area contributed by atoms with Crippen LogP contribution in [0.2, 0.25) is 0 Å². The van der Waals surface area contributed by atoms with Gasteiger partial charge < -0.3 is 9.80 Å². The van der Waals surface area contributed by atoms with Crippen LogP contribution in [0, 0.1) is 0 Å². The van der Waals surface area contributed by atoms with Gasteiger partial charge in [-0.25, -0.2) is 8.78 Å². The zero-order valence-electron chi connectivity index (χ0n) is 14.8. The van der Waals surface area contributed by atoms with E-state index in [0.29, 0.717) is 32.7 Å². The lowest BCUT2D eigenvalue weighted by Crippen LogP contribution is -2.54. The molecule has 0 aromatic heterocycles. The zero-order valence-corrected chi connectivity index (χ0v) is 16.4. The highest BCUT2D eigenvalue weighted by Crippen LogP contribution is 2.26. The molecule has 6 nitrogen and oxygen atoms in total. The predicted octanol–water partition coefficient (Wildman–Crippen LogP) is 0.984. The first-order valence-electron chi connectivity index (χ1n) is 8.85. The van der Waals surface area contributed by atoms with Gasteiger partial charge in [0.25, 0.3) is 5.92 Å². The Bertz CT molecular complexity index is 485. The van der Waals surface area contributed by atoms with E-state index in [4.69, 9.17) is 0 Å². The lowest BCUT2D eigenvalue weighted by molar-refractivity contribution is -0.137. The zero-order chi connectivity index (χ0) is 17.2. The molecule has 3 rings (SSSR count). The maximum absolute atomic E-state index is 13.2. The summed E-state index contributed by atoms with van der Waals surface area (Å²) in [5.41, 5.74) is 0. The van der Waals surface area contributed by atoms with Crippen LogP contribution in [0.3, 0.4) is 0 Å². The summed E-state index contributed by atoms with van der Waals surface area (Å²) in [6, 6.07) is -0.776. The van der Waals surface area contributed by atoms with Gasteiger partial charge in [0.1, 0.15) is 0 Å². The van der Waals surface area contributed by atoms with Gasteiger partial charge in [-0.2, -0.15) is 0 Å². The molecule has 1 N–H and O–H groups in total. The molecule has 3 aliphatic rings. The number of nitrogens with one attached hydrogen (secondary N) is 1. The monoisotopic (exact) mass is 416 g/mol. The second kappa shape index (κ2) is 10.0. The minimum atomic E-state index is -2.79. The number of halogens is 4. The van der Waals surface area contributed by atoms with Crippen LogP contribution in [-0.2, 0) is 9.59 Å². The first-order valence-corrected chi connectivity index (χ1v) is 8.85. The number of piperidine rings is 1. The van der Waals surface area contributed by atoms with Crippen LogP contribution in [0.15, 0.2) is 0 Å². The van der Waals surface area contributed by atoms with Gasteiger partial charge in [-0.05, 0) is 19.3 Å². The van der Waals surface area contributed by atoms with Gasteiger partial charge in [-0.1, -0.05) is 0 Å². The predicted molar refractivity (Wildman–Crippen MR) is 99.3 cm³/mol. The summed E-state index contributed by atoms with van der Waals surface area (Å²) in [6.07, 6.45) is 2.93. The molecule has 0 aliphatic carbocycles. The fraction of sp³-hybridized carbons (Fsp3) is 0.875. The Balaban J connectivity index is 0.00000169. The number of hydrogen-bond acceptors (Lipinski definition) is 4. The molecule has 0 spiro atoms. The molecule has 3 aliphatic heterocycles. The average molecular weight is 417 g/mol. The molecule has 0 aromatic rings. The molecule has 1 atom stereocenters. The van der Waals surface area contributed by atoms with Crippen LogP contribution < -0.4 is 5.32 Å². The number of nitrogens with zero attached hydrogens (tertiary/aromatic N) is 3. The van der Waals surface area contributed by atoms with E-state index < -0.39 is 24.9 Å². The van der Waals surface area contributed by atoms with Gasteiger partial charge in [-0.15, -0.1) is 24.8 Å². The van der Waals surface area contributed by atoms with Crippen molar-refractivity contribution in [2.24, 2.45) is 0 Å². The van der Waals surface area contributed by atoms with Gasteiger partial charge in [0.2, 0.25) is 11.8 Å². The molecular formula is C16H28Cl2F2N4O2. The number of rotatable bonds is 3. The lowest BCUT2D eigenvalue weighted by atomic mass is 10.1. The SMILES string of the molecule is Cl.Cl.O=C(CN1CCN(C(=O)C2CC(F)(F)CN2)CC1)N1CCCCC1. The third-order valence-electron chi connectivity index (χ3n) is 5.16. The highest BCUT2D eigenvalue weighted by molar-refractivity contribution is 5.85. The minimum Gasteiger partial charge on any atom is -0.342 e. The minimum absolute atomic E-state index is 0. The molecule has 2 amide bonds. The number of piperazine rings is 1. The molecule has 26 heavy (non-hydrogen) atoms. The molecule has 10 heteroatoms. The number of carbonyl (C=O) groups excluding carboxylic acids is 2. The number of likely N-dealkylation sites (tertiary alicyclic amines) is 1. The Morgan fingerprint density at radius 3 is 2.08 bits per heavy atom. The van der Waals surface area contributed by atoms with Crippen molar-refractivity contribution in [3.63, 3.8) is 0 Å². The summed E-state index contributed by atoms with van der Waals surface area (Å²) in [6.45, 7) is 3.89. The molecule has 0 saturated carbocycles. The van der Waals surface area contributed by atoms with E-state index in [2.05, 4.69) is 10.2 Å². The summed E-state index contributed by atoms with van der Waals surface area (Å²) >= 11 is 0. The third kappa shape index (κ3) is 5.90. The van der Waals surface area contributed by atoms with Crippen LogP contribution in [0.25, 0.3) is 0 Å². The summed E-state index contributed by atoms with van der Waals surface area (Å²) in [4.78, 5) is 30.2. The molecule has 0 bridgehead atoms. The number of amides is 2. The molecule has 1 unspecified atom stereocenters. The molecule has 3 heterocycles. The molecule has 3 saturated heterocycles. The number of hydrogen-bond donors (Lipinski definition) is 1. The second-order valence-electron chi connectivity index (χ2n) is 7.04. The standard InChI is InChI=1S/C16H26F2N4O2.2ClH/c17-16(18)10-13(19-12-16)15(24)22-8-6-20(7-9-22)11-14(23)21-4-2-1-3-5-21;;/h13,19H,1-12H2;2*1H. The van der Waals surface area contributed by atoms with Crippen molar-refractivity contribution in [3.05, 3.63) is 0 Å². The summed E-state index contributed by atoms with van der Waals surface area (Å²) in [5.74, 6) is -2.87. The van der Waals surface area contributed by atoms with E-state index in [1.165, 1.54) is 6.42 Å². The Labute approximate surface area is 165 Å². The van der Waals surface area contributed by atoms with Crippen LogP contribution >= 0.6 is 24.8 Å². The molecule has 152 valence electrons. The van der Waals surface area contributed by atoms with Gasteiger partial charge in [0.15, 0.2) is 0 Å². The van der Waals surface area contributed by atoms with Crippen molar-refractivity contribution in [1.29, 1.82) is 0 Å². The Morgan fingerprint density at radius 2 is 1.54 bits per heavy atom. The van der Waals surface area contributed by atoms with Crippen LogP contribution in [0.4, 0.5) is 8.78 Å². The number of alkyl halides is 2. The van der Waals surface area contributed by atoms with Crippen molar-refractivity contribution in [1.82, 2.24) is 20.0 Å². The van der Waals surface area contributed by atoms with Gasteiger partial charge >= 0.3 is 0 Å². The van der Waals surface area contributed by atoms with E-state index in [-0.39, 0.29) is 36.6 Å². The van der Waals surface area contributed by atoms with Crippen molar-refractivity contribution >= 4 is 36.6 Å². The Kier molecular flexibility index (Phi) is 8.99. The van der Waals surface area contributed by atoms with Crippen LogP contribution in [0.1, 0.15) is 25.7 Å². The third-order valence-corrected chi connectivity index (χ3v) is 5.16. The van der Waals surface area contributed by atoms with Crippen LogP contribution in [-0.4, -0.2) is 90.8 Å². The maximum atomic E-state index is 13.2. The highest BCUT2D eigenvalue weighted by atomic mass is 35.5. The summed E-state index contributed by atoms with van der Waals surface area (Å²) in [7, 11) is 0. The average Bonchev–Trinajstić information content (AvgIpc) is 2.95. The molecule has 0 aromatic carbocycles. The van der Waals surface area contributed by atoms with Crippen molar-refractivity contribution in [2.45, 2.75) is 37.6 Å². The fourth-order valence-electron chi connectivity index (χ4n) is 3.67. The fourth-order valence-corrected chi connectivity index (χ4v) is 3.67. The van der Waals surface area contributed by atoms with E-state index >= 15 is 0 Å². The van der Waals surface area contributed by atoms with Gasteiger partial charge in [0, 0.05) is 45.7 Å². The van der Waals surface area contributed by atoms with Crippen molar-refractivity contribution in [3.8, 4) is 0 Å². The van der Waals surface area contributed by atoms with E-state index in [1.807, 2.05) is 4.90 Å². The number of carbonyl (C=O) groups is 2. The van der Waals surface area contributed by atoms with E-state index in [9.17, 15) is 18.4 Å². The van der Waals surface area contributed by atoms with Crippen molar-refractivity contribution < 1.29 is 18.4 Å². The smallest absolute Gasteiger partial charge is 0.262 e. The van der Waals surface area contributed by atoms with Gasteiger partial charge in [-0.3, -0.25) is 19.8 Å².